The van der Waals surface area contributed by atoms with E-state index in [1.165, 1.54) is 32.1 Å². The van der Waals surface area contributed by atoms with E-state index in [4.69, 9.17) is 14.2 Å². The Morgan fingerprint density at radius 2 is 1.61 bits per heavy atom. The van der Waals surface area contributed by atoms with Crippen LogP contribution in [0.15, 0.2) is 23.9 Å². The predicted molar refractivity (Wildman–Crippen MR) is 77.6 cm³/mol. The van der Waals surface area contributed by atoms with Crippen LogP contribution in [-0.4, -0.2) is 41.6 Å². The molecule has 0 spiro atoms. The van der Waals surface area contributed by atoms with Crippen LogP contribution in [-0.2, 0) is 28.6 Å². The highest BCUT2D eigenvalue weighted by atomic mass is 16.6. The van der Waals surface area contributed by atoms with Crippen molar-refractivity contribution in [2.24, 2.45) is 0 Å². The van der Waals surface area contributed by atoms with Gasteiger partial charge in [-0.3, -0.25) is 24.5 Å². The van der Waals surface area contributed by atoms with Crippen LogP contribution >= 0.6 is 0 Å². The van der Waals surface area contributed by atoms with Crippen LogP contribution in [0.5, 0.6) is 0 Å². The second-order valence-electron chi connectivity index (χ2n) is 4.47. The molecular formula is C14H19NO8. The summed E-state index contributed by atoms with van der Waals surface area (Å²) < 4.78 is 14.7. The molecule has 0 rings (SSSR count). The van der Waals surface area contributed by atoms with Gasteiger partial charge in [0.15, 0.2) is 12.2 Å². The van der Waals surface area contributed by atoms with Crippen molar-refractivity contribution in [1.82, 2.24) is 0 Å². The van der Waals surface area contributed by atoms with Gasteiger partial charge in [0.25, 0.3) is 0 Å². The van der Waals surface area contributed by atoms with Crippen molar-refractivity contribution < 1.29 is 33.5 Å². The minimum absolute atomic E-state index is 0.133. The summed E-state index contributed by atoms with van der Waals surface area (Å²) in [4.78, 5) is 43.1. The zero-order valence-corrected chi connectivity index (χ0v) is 13.3. The Balaban J connectivity index is 5.24. The molecule has 0 N–H and O–H groups in total. The molecule has 0 saturated carbocycles. The molecule has 0 saturated heterocycles. The summed E-state index contributed by atoms with van der Waals surface area (Å²) in [5.74, 6) is -1.92. The molecule has 9 heteroatoms. The maximum absolute atomic E-state index is 11.2. The van der Waals surface area contributed by atoms with Crippen molar-refractivity contribution in [3.05, 3.63) is 34.0 Å². The Bertz CT molecular complexity index is 523. The van der Waals surface area contributed by atoms with Gasteiger partial charge in [0, 0.05) is 33.8 Å². The lowest BCUT2D eigenvalue weighted by Crippen LogP contribution is -2.37. The van der Waals surface area contributed by atoms with Crippen molar-refractivity contribution >= 4 is 17.9 Å². The fraction of sp³-hybridized carbons (Fsp3) is 0.500. The molecule has 0 heterocycles. The molecular weight excluding hydrogens is 310 g/mol. The molecule has 0 amide bonds. The molecule has 0 radical (unpaired) electrons. The highest BCUT2D eigenvalue weighted by molar-refractivity contribution is 5.68. The van der Waals surface area contributed by atoms with Gasteiger partial charge in [-0.1, -0.05) is 6.08 Å². The molecule has 0 fully saturated rings. The summed E-state index contributed by atoms with van der Waals surface area (Å²) in [6.45, 7) is 4.43. The van der Waals surface area contributed by atoms with Crippen LogP contribution in [0.2, 0.25) is 0 Å². The molecule has 0 aliphatic heterocycles. The monoisotopic (exact) mass is 329 g/mol. The first kappa shape index (κ1) is 20.3. The van der Waals surface area contributed by atoms with Gasteiger partial charge in [-0.05, 0) is 6.08 Å². The predicted octanol–water partition coefficient (Wildman–Crippen LogP) is 1.15. The number of ether oxygens (including phenoxy) is 3. The highest BCUT2D eigenvalue weighted by Crippen LogP contribution is 2.10. The molecule has 23 heavy (non-hydrogen) atoms. The summed E-state index contributed by atoms with van der Waals surface area (Å²) in [5, 5.41) is 10.5. The summed E-state index contributed by atoms with van der Waals surface area (Å²) in [6.07, 6.45) is 1.64. The summed E-state index contributed by atoms with van der Waals surface area (Å²) in [5.41, 5.74) is -0.133. The Hall–Kier alpha value is -2.71. The molecule has 9 nitrogen and oxygen atoms in total. The van der Waals surface area contributed by atoms with Gasteiger partial charge in [0.05, 0.1) is 4.92 Å². The van der Waals surface area contributed by atoms with E-state index in [9.17, 15) is 24.5 Å². The van der Waals surface area contributed by atoms with E-state index in [2.05, 4.69) is 0 Å². The summed E-state index contributed by atoms with van der Waals surface area (Å²) in [7, 11) is 0. The van der Waals surface area contributed by atoms with Crippen LogP contribution in [0.1, 0.15) is 27.7 Å². The number of esters is 3. The van der Waals surface area contributed by atoms with Crippen LogP contribution in [0.3, 0.4) is 0 Å². The van der Waals surface area contributed by atoms with E-state index in [1.54, 1.807) is 0 Å². The minimum Gasteiger partial charge on any atom is -0.462 e. The average molecular weight is 329 g/mol. The fourth-order valence-electron chi connectivity index (χ4n) is 1.40. The van der Waals surface area contributed by atoms with Crippen LogP contribution in [0.25, 0.3) is 0 Å². The van der Waals surface area contributed by atoms with E-state index in [1.807, 2.05) is 0 Å². The van der Waals surface area contributed by atoms with Gasteiger partial charge >= 0.3 is 17.9 Å². The first-order chi connectivity index (χ1) is 10.6. The molecule has 0 aromatic rings. The number of hydrogen-bond acceptors (Lipinski definition) is 8. The van der Waals surface area contributed by atoms with Gasteiger partial charge in [0.1, 0.15) is 6.61 Å². The molecule has 0 unspecified atom stereocenters. The Morgan fingerprint density at radius 1 is 1.04 bits per heavy atom. The van der Waals surface area contributed by atoms with Gasteiger partial charge in [-0.2, -0.15) is 0 Å². The van der Waals surface area contributed by atoms with Crippen molar-refractivity contribution in [1.29, 1.82) is 0 Å². The van der Waals surface area contributed by atoms with E-state index in [0.717, 1.165) is 13.8 Å². The zero-order valence-electron chi connectivity index (χ0n) is 13.3. The van der Waals surface area contributed by atoms with Gasteiger partial charge in [-0.15, -0.1) is 0 Å². The van der Waals surface area contributed by atoms with Crippen molar-refractivity contribution in [3.8, 4) is 0 Å². The largest absolute Gasteiger partial charge is 0.462 e. The quantitative estimate of drug-likeness (QED) is 0.214. The lowest BCUT2D eigenvalue weighted by Gasteiger charge is -2.23. The van der Waals surface area contributed by atoms with Crippen LogP contribution in [0.4, 0.5) is 0 Å². The second kappa shape index (κ2) is 10.1. The van der Waals surface area contributed by atoms with Crippen LogP contribution in [0, 0.1) is 10.1 Å². The second-order valence-corrected chi connectivity index (χ2v) is 4.47. The first-order valence-corrected chi connectivity index (χ1v) is 6.60. The zero-order chi connectivity index (χ0) is 18.0. The molecule has 0 bridgehead atoms. The van der Waals surface area contributed by atoms with E-state index in [0.29, 0.717) is 0 Å². The third-order valence-corrected chi connectivity index (χ3v) is 2.36. The molecule has 0 aromatic heterocycles. The van der Waals surface area contributed by atoms with E-state index in [-0.39, 0.29) is 12.3 Å². The maximum Gasteiger partial charge on any atom is 0.303 e. The third-order valence-electron chi connectivity index (χ3n) is 2.36. The number of rotatable bonds is 8. The Morgan fingerprint density at radius 3 is 2.04 bits per heavy atom. The van der Waals surface area contributed by atoms with Crippen LogP contribution < -0.4 is 0 Å². The lowest BCUT2D eigenvalue weighted by atomic mass is 10.2. The number of nitro groups is 1. The molecule has 2 atom stereocenters. The number of allylic oxidation sites excluding steroid dienone is 3. The lowest BCUT2D eigenvalue weighted by molar-refractivity contribution is -0.424. The maximum atomic E-state index is 11.2. The average Bonchev–Trinajstić information content (AvgIpc) is 2.41. The Labute approximate surface area is 133 Å². The molecule has 0 aliphatic carbocycles. The standard InChI is InChI=1S/C14H19NO8/c1-9(15(19)20)6-5-7-13(22-11(3)17)14(23-12(4)18)8-21-10(2)16/h5-7,13-14H,8H2,1-4H3/b7-5+,9-6+/t13-,14+/m0/s1. The van der Waals surface area contributed by atoms with E-state index >= 15 is 0 Å². The fourth-order valence-corrected chi connectivity index (χ4v) is 1.40. The van der Waals surface area contributed by atoms with Crippen molar-refractivity contribution in [2.75, 3.05) is 6.61 Å². The Kier molecular flexibility index (Phi) is 8.90. The van der Waals surface area contributed by atoms with Gasteiger partial charge < -0.3 is 14.2 Å². The van der Waals surface area contributed by atoms with Gasteiger partial charge in [-0.25, -0.2) is 0 Å². The molecule has 0 aliphatic rings. The number of hydrogen-bond donors (Lipinski definition) is 0. The number of carbonyl (C=O) groups excluding carboxylic acids is 3. The third kappa shape index (κ3) is 9.77. The molecule has 0 aromatic carbocycles. The van der Waals surface area contributed by atoms with Gasteiger partial charge in [0.2, 0.25) is 5.70 Å². The number of nitrogens with zero attached hydrogens (tertiary/aromatic N) is 1. The number of carbonyl (C=O) groups is 3. The van der Waals surface area contributed by atoms with Crippen molar-refractivity contribution in [3.63, 3.8) is 0 Å². The minimum atomic E-state index is -1.07. The first-order valence-electron chi connectivity index (χ1n) is 6.60. The highest BCUT2D eigenvalue weighted by Gasteiger charge is 2.26. The SMILES string of the molecule is CC(=O)OC[C@@H](OC(C)=O)[C@H](/C=C/C=C(\C)[N+](=O)[O-])OC(C)=O. The topological polar surface area (TPSA) is 122 Å². The van der Waals surface area contributed by atoms with E-state index < -0.39 is 35.0 Å². The smallest absolute Gasteiger partial charge is 0.303 e. The molecule has 128 valence electrons. The summed E-state index contributed by atoms with van der Waals surface area (Å²) >= 11 is 0. The normalized spacial score (nSPS) is 14.0. The summed E-state index contributed by atoms with van der Waals surface area (Å²) in [6, 6.07) is 0. The van der Waals surface area contributed by atoms with Crippen molar-refractivity contribution in [2.45, 2.75) is 39.9 Å².